The number of furan rings is 1. The Labute approximate surface area is 170 Å². The van der Waals surface area contributed by atoms with Gasteiger partial charge in [0.15, 0.2) is 0 Å². The molecule has 2 aromatic heterocycles. The maximum atomic E-state index is 12.9. The number of carbonyl (C=O) groups excluding carboxylic acids is 1. The van der Waals surface area contributed by atoms with Crippen LogP contribution in [0, 0.1) is 6.92 Å². The Morgan fingerprint density at radius 2 is 1.93 bits per heavy atom. The molecule has 0 saturated heterocycles. The molecular formula is C21H25ClN4O2. The van der Waals surface area contributed by atoms with E-state index >= 15 is 0 Å². The molecule has 3 rings (SSSR count). The van der Waals surface area contributed by atoms with Gasteiger partial charge in [-0.15, -0.1) is 0 Å². The minimum absolute atomic E-state index is 0.0443. The first kappa shape index (κ1) is 20.2. The number of hydrogen-bond acceptors (Lipinski definition) is 4. The number of halogens is 1. The topological polar surface area (TPSA) is 63.3 Å². The number of aryl methyl sites for hydroxylation is 1. The fourth-order valence-corrected chi connectivity index (χ4v) is 3.69. The third-order valence-electron chi connectivity index (χ3n) is 4.81. The lowest BCUT2D eigenvalue weighted by atomic mass is 10.1. The van der Waals surface area contributed by atoms with Crippen molar-refractivity contribution in [3.63, 3.8) is 0 Å². The molecule has 148 valence electrons. The quantitative estimate of drug-likeness (QED) is 0.614. The number of likely N-dealkylation sites (N-methyl/N-ethyl adjacent to an activating group) is 1. The first-order valence-corrected chi connectivity index (χ1v) is 9.80. The predicted molar refractivity (Wildman–Crippen MR) is 110 cm³/mol. The van der Waals surface area contributed by atoms with E-state index in [0.29, 0.717) is 23.0 Å². The summed E-state index contributed by atoms with van der Waals surface area (Å²) in [5.41, 5.74) is 1.79. The van der Waals surface area contributed by atoms with Crippen molar-refractivity contribution in [2.45, 2.75) is 26.8 Å². The molecule has 28 heavy (non-hydrogen) atoms. The lowest BCUT2D eigenvalue weighted by Crippen LogP contribution is -2.38. The van der Waals surface area contributed by atoms with Crippen LogP contribution in [0.3, 0.4) is 0 Å². The van der Waals surface area contributed by atoms with Crippen LogP contribution >= 0.6 is 11.6 Å². The molecule has 1 atom stereocenters. The molecule has 1 amide bonds. The normalized spacial score (nSPS) is 12.3. The van der Waals surface area contributed by atoms with E-state index in [1.807, 2.05) is 42.5 Å². The Balaban J connectivity index is 1.80. The average Bonchev–Trinajstić information content (AvgIpc) is 3.33. The number of amides is 1. The van der Waals surface area contributed by atoms with E-state index in [1.165, 1.54) is 0 Å². The maximum absolute atomic E-state index is 12.9. The Morgan fingerprint density at radius 1 is 1.21 bits per heavy atom. The van der Waals surface area contributed by atoms with Crippen molar-refractivity contribution in [2.75, 3.05) is 19.6 Å². The summed E-state index contributed by atoms with van der Waals surface area (Å²) in [4.78, 5) is 15.1. The molecule has 1 unspecified atom stereocenters. The number of benzene rings is 1. The van der Waals surface area contributed by atoms with Crippen molar-refractivity contribution in [3.8, 4) is 5.69 Å². The molecular weight excluding hydrogens is 376 g/mol. The van der Waals surface area contributed by atoms with Crippen LogP contribution in [-0.4, -0.2) is 40.2 Å². The monoisotopic (exact) mass is 400 g/mol. The third kappa shape index (κ3) is 4.13. The number of nitrogens with one attached hydrogen (secondary N) is 1. The average molecular weight is 401 g/mol. The van der Waals surface area contributed by atoms with E-state index < -0.39 is 0 Å². The van der Waals surface area contributed by atoms with Crippen LogP contribution in [0.1, 0.15) is 41.7 Å². The number of rotatable bonds is 8. The Bertz CT molecular complexity index is 902. The largest absolute Gasteiger partial charge is 0.468 e. The Morgan fingerprint density at radius 3 is 2.54 bits per heavy atom. The number of carbonyl (C=O) groups is 1. The van der Waals surface area contributed by atoms with Crippen LogP contribution in [0.4, 0.5) is 0 Å². The fraction of sp³-hybridized carbons (Fsp3) is 0.333. The molecule has 7 heteroatoms. The van der Waals surface area contributed by atoms with E-state index in [0.717, 1.165) is 24.5 Å². The molecule has 6 nitrogen and oxygen atoms in total. The van der Waals surface area contributed by atoms with Crippen molar-refractivity contribution in [3.05, 3.63) is 70.9 Å². The summed E-state index contributed by atoms with van der Waals surface area (Å²) in [5.74, 6) is 0.584. The second-order valence-electron chi connectivity index (χ2n) is 6.46. The third-order valence-corrected chi connectivity index (χ3v) is 5.16. The van der Waals surface area contributed by atoms with Gasteiger partial charge < -0.3 is 9.73 Å². The second-order valence-corrected chi connectivity index (χ2v) is 6.82. The van der Waals surface area contributed by atoms with Crippen molar-refractivity contribution in [1.82, 2.24) is 20.0 Å². The van der Waals surface area contributed by atoms with Gasteiger partial charge in [0, 0.05) is 6.54 Å². The van der Waals surface area contributed by atoms with Crippen molar-refractivity contribution < 1.29 is 9.21 Å². The minimum Gasteiger partial charge on any atom is -0.468 e. The van der Waals surface area contributed by atoms with Gasteiger partial charge >= 0.3 is 0 Å². The van der Waals surface area contributed by atoms with E-state index in [9.17, 15) is 4.79 Å². The smallest absolute Gasteiger partial charge is 0.256 e. The summed E-state index contributed by atoms with van der Waals surface area (Å²) in [5, 5.41) is 7.75. The predicted octanol–water partition coefficient (Wildman–Crippen LogP) is 4.24. The summed E-state index contributed by atoms with van der Waals surface area (Å²) < 4.78 is 7.18. The molecule has 3 aromatic rings. The van der Waals surface area contributed by atoms with Crippen LogP contribution in [-0.2, 0) is 0 Å². The molecule has 1 N–H and O–H groups in total. The maximum Gasteiger partial charge on any atom is 0.256 e. The first-order valence-electron chi connectivity index (χ1n) is 9.43. The van der Waals surface area contributed by atoms with Crippen LogP contribution in [0.15, 0.2) is 53.1 Å². The molecule has 1 aromatic carbocycles. The van der Waals surface area contributed by atoms with E-state index in [4.69, 9.17) is 16.0 Å². The van der Waals surface area contributed by atoms with Gasteiger partial charge in [-0.2, -0.15) is 5.10 Å². The van der Waals surface area contributed by atoms with Crippen molar-refractivity contribution in [1.29, 1.82) is 0 Å². The Hall–Kier alpha value is -2.57. The summed E-state index contributed by atoms with van der Waals surface area (Å²) in [7, 11) is 0. The van der Waals surface area contributed by atoms with Crippen LogP contribution in [0.2, 0.25) is 5.15 Å². The van der Waals surface area contributed by atoms with Gasteiger partial charge in [-0.05, 0) is 44.3 Å². The van der Waals surface area contributed by atoms with E-state index in [2.05, 4.69) is 29.2 Å². The first-order chi connectivity index (χ1) is 13.6. The summed E-state index contributed by atoms with van der Waals surface area (Å²) >= 11 is 6.50. The summed E-state index contributed by atoms with van der Waals surface area (Å²) in [6.45, 7) is 8.08. The number of para-hydroxylation sites is 1. The molecule has 0 aliphatic rings. The van der Waals surface area contributed by atoms with Gasteiger partial charge in [-0.25, -0.2) is 4.68 Å². The summed E-state index contributed by atoms with van der Waals surface area (Å²) in [6, 6.07) is 13.3. The zero-order valence-corrected chi connectivity index (χ0v) is 17.1. The van der Waals surface area contributed by atoms with Gasteiger partial charge in [-0.1, -0.05) is 43.6 Å². The molecule has 0 fully saturated rings. The number of hydrogen-bond donors (Lipinski definition) is 1. The highest BCUT2D eigenvalue weighted by Crippen LogP contribution is 2.24. The zero-order chi connectivity index (χ0) is 20.1. The molecule has 0 saturated carbocycles. The van der Waals surface area contributed by atoms with Gasteiger partial charge in [0.2, 0.25) is 0 Å². The highest BCUT2D eigenvalue weighted by Gasteiger charge is 2.25. The molecule has 2 heterocycles. The van der Waals surface area contributed by atoms with Crippen LogP contribution < -0.4 is 5.32 Å². The SMILES string of the molecule is CCN(CC)C(CNC(=O)c1c(C)nn(-c2ccccc2)c1Cl)c1ccco1. The Kier molecular flexibility index (Phi) is 6.54. The van der Waals surface area contributed by atoms with Gasteiger partial charge in [0.25, 0.3) is 5.91 Å². The zero-order valence-electron chi connectivity index (χ0n) is 16.4. The molecule has 0 aliphatic heterocycles. The van der Waals surface area contributed by atoms with Crippen molar-refractivity contribution in [2.24, 2.45) is 0 Å². The lowest BCUT2D eigenvalue weighted by molar-refractivity contribution is 0.0929. The van der Waals surface area contributed by atoms with E-state index in [-0.39, 0.29) is 11.9 Å². The minimum atomic E-state index is -0.242. The second kappa shape index (κ2) is 9.08. The standard InChI is InChI=1S/C21H25ClN4O2/c1-4-25(5-2)17(18-12-9-13-28-18)14-23-21(27)19-15(3)24-26(20(19)22)16-10-7-6-8-11-16/h6-13,17H,4-5,14H2,1-3H3,(H,23,27). The molecule has 0 aliphatic carbocycles. The van der Waals surface area contributed by atoms with Gasteiger partial charge in [0.1, 0.15) is 10.9 Å². The lowest BCUT2D eigenvalue weighted by Gasteiger charge is -2.28. The van der Waals surface area contributed by atoms with E-state index in [1.54, 1.807) is 17.9 Å². The van der Waals surface area contributed by atoms with Gasteiger partial charge in [0.05, 0.1) is 29.2 Å². The highest BCUT2D eigenvalue weighted by atomic mass is 35.5. The van der Waals surface area contributed by atoms with Crippen molar-refractivity contribution >= 4 is 17.5 Å². The number of aromatic nitrogens is 2. The number of nitrogens with zero attached hydrogens (tertiary/aromatic N) is 3. The fourth-order valence-electron chi connectivity index (χ4n) is 3.33. The van der Waals surface area contributed by atoms with Gasteiger partial charge in [-0.3, -0.25) is 9.69 Å². The summed E-state index contributed by atoms with van der Waals surface area (Å²) in [6.07, 6.45) is 1.65. The highest BCUT2D eigenvalue weighted by molar-refractivity contribution is 6.33. The molecule has 0 radical (unpaired) electrons. The van der Waals surface area contributed by atoms with Crippen LogP contribution in [0.5, 0.6) is 0 Å². The van der Waals surface area contributed by atoms with Crippen LogP contribution in [0.25, 0.3) is 5.69 Å². The molecule has 0 bridgehead atoms. The molecule has 0 spiro atoms.